The van der Waals surface area contributed by atoms with Crippen molar-refractivity contribution in [3.63, 3.8) is 0 Å². The molecule has 12 nitrogen and oxygen atoms in total. The van der Waals surface area contributed by atoms with Crippen molar-refractivity contribution in [1.29, 1.82) is 0 Å². The van der Waals surface area contributed by atoms with Gasteiger partial charge in [-0.3, -0.25) is 14.2 Å². The Hall–Kier alpha value is -0.110. The van der Waals surface area contributed by atoms with Gasteiger partial charge in [-0.05, 0) is 12.8 Å². The summed E-state index contributed by atoms with van der Waals surface area (Å²) >= 11 is 0. The maximum atomic E-state index is 12.4. The summed E-state index contributed by atoms with van der Waals surface area (Å²) in [6.07, 6.45) is -0.592. The molecule has 1 aliphatic rings. The van der Waals surface area contributed by atoms with Gasteiger partial charge in [-0.15, -0.1) is 0 Å². The number of phosphoric ester groups is 1. The molecule has 1 aliphatic carbocycles. The third kappa shape index (κ3) is 16.8. The average molecular weight is 593 g/mol. The molecule has 4 N–H and O–H groups in total. The minimum absolute atomic E-state index is 0. The molecule has 0 spiro atoms. The molecule has 0 radical (unpaired) electrons. The van der Waals surface area contributed by atoms with Crippen LogP contribution in [-0.2, 0) is 32.7 Å². The van der Waals surface area contributed by atoms with Crippen LogP contribution in [0.2, 0.25) is 0 Å². The molecule has 0 bridgehead atoms. The molecule has 0 amide bonds. The topological polar surface area (TPSA) is 192 Å². The molecule has 1 saturated carbocycles. The zero-order valence-electron chi connectivity index (χ0n) is 23.6. The molecular weight excluding hydrogens is 546 g/mol. The number of hydrogen-bond donors (Lipinski definition) is 4. The Labute approximate surface area is 253 Å². The van der Waals surface area contributed by atoms with Gasteiger partial charge in [-0.1, -0.05) is 65.2 Å². The third-order valence-electron chi connectivity index (χ3n) is 6.31. The van der Waals surface area contributed by atoms with Crippen molar-refractivity contribution < 1.29 is 87.6 Å². The van der Waals surface area contributed by atoms with Gasteiger partial charge in [0.2, 0.25) is 0 Å². The zero-order chi connectivity index (χ0) is 28.6. The first-order valence-corrected chi connectivity index (χ1v) is 15.2. The van der Waals surface area contributed by atoms with Crippen LogP contribution < -0.4 is 34.5 Å². The molecule has 0 aromatic carbocycles. The van der Waals surface area contributed by atoms with E-state index in [-0.39, 0.29) is 42.4 Å². The predicted molar refractivity (Wildman–Crippen MR) is 135 cm³/mol. The molecule has 224 valence electrons. The molecule has 1 unspecified atom stereocenters. The number of rotatable bonds is 20. The van der Waals surface area contributed by atoms with E-state index in [1.807, 2.05) is 0 Å². The molecule has 39 heavy (non-hydrogen) atoms. The van der Waals surface area contributed by atoms with Crippen molar-refractivity contribution in [2.75, 3.05) is 13.2 Å². The summed E-state index contributed by atoms with van der Waals surface area (Å²) in [6.45, 7) is 3.01. The van der Waals surface area contributed by atoms with Gasteiger partial charge in [0.1, 0.15) is 24.9 Å². The first-order chi connectivity index (χ1) is 18.0. The van der Waals surface area contributed by atoms with E-state index in [1.165, 1.54) is 0 Å². The van der Waals surface area contributed by atoms with Gasteiger partial charge in [0.05, 0.1) is 18.8 Å². The Morgan fingerprint density at radius 2 is 1.36 bits per heavy atom. The van der Waals surface area contributed by atoms with Crippen molar-refractivity contribution in [2.45, 2.75) is 134 Å². The summed E-state index contributed by atoms with van der Waals surface area (Å²) in [4.78, 5) is 36.7. The Kier molecular flexibility index (Phi) is 21.5. The molecule has 0 aliphatic heterocycles. The summed E-state index contributed by atoms with van der Waals surface area (Å²) < 4.78 is 32.4. The van der Waals surface area contributed by atoms with Gasteiger partial charge in [0.15, 0.2) is 6.10 Å². The van der Waals surface area contributed by atoms with Crippen LogP contribution in [0, 0.1) is 0 Å². The van der Waals surface area contributed by atoms with Crippen LogP contribution in [0.5, 0.6) is 0 Å². The van der Waals surface area contributed by atoms with Crippen LogP contribution in [0.15, 0.2) is 0 Å². The summed E-state index contributed by atoms with van der Waals surface area (Å²) in [5, 5.41) is 39.4. The van der Waals surface area contributed by atoms with E-state index in [9.17, 15) is 39.5 Å². The predicted octanol–water partition coefficient (Wildman–Crippen LogP) is -1.12. The number of aliphatic hydroxyl groups is 4. The number of phosphoric acid groups is 1. The van der Waals surface area contributed by atoms with E-state index in [2.05, 4.69) is 13.8 Å². The second-order valence-corrected chi connectivity index (χ2v) is 11.2. The standard InChI is InChI=1S/C25H47O12P.Na/c1-3-5-7-9-11-13-21(28)34-16-18(36-22(29)14-12-10-8-6-4-2)17-35-38(32,33)37-25-20(27)15-19(26)23(30)24(25)31;/h18-20,23-27,30-31H,3-17H2,1-2H3,(H,32,33);/q;+1/p-1/t18-,19+,20+,23-,24+,25+;/m1./s1. The van der Waals surface area contributed by atoms with Crippen molar-refractivity contribution >= 4 is 19.8 Å². The summed E-state index contributed by atoms with van der Waals surface area (Å²) in [7, 11) is -5.18. The van der Waals surface area contributed by atoms with Crippen molar-refractivity contribution in [3.05, 3.63) is 0 Å². The van der Waals surface area contributed by atoms with Gasteiger partial charge >= 0.3 is 41.5 Å². The van der Waals surface area contributed by atoms with E-state index in [0.717, 1.165) is 51.4 Å². The molecule has 7 atom stereocenters. The number of unbranched alkanes of at least 4 members (excludes halogenated alkanes) is 8. The van der Waals surface area contributed by atoms with Crippen LogP contribution in [0.25, 0.3) is 0 Å². The van der Waals surface area contributed by atoms with E-state index in [1.54, 1.807) is 0 Å². The van der Waals surface area contributed by atoms with Gasteiger partial charge in [-0.2, -0.15) is 0 Å². The number of hydrogen-bond acceptors (Lipinski definition) is 12. The average Bonchev–Trinajstić information content (AvgIpc) is 2.86. The Balaban J connectivity index is 0.0000144. The van der Waals surface area contributed by atoms with Crippen LogP contribution >= 0.6 is 7.82 Å². The van der Waals surface area contributed by atoms with Crippen LogP contribution in [-0.4, -0.2) is 82.2 Å². The van der Waals surface area contributed by atoms with Crippen LogP contribution in [0.1, 0.15) is 97.3 Å². The second kappa shape index (κ2) is 21.6. The van der Waals surface area contributed by atoms with Gasteiger partial charge in [0.25, 0.3) is 7.82 Å². The molecular formula is C25H46NaO12P. The van der Waals surface area contributed by atoms with Gasteiger partial charge < -0.3 is 43.8 Å². The maximum absolute atomic E-state index is 12.4. The fraction of sp³-hybridized carbons (Fsp3) is 0.920. The molecule has 14 heteroatoms. The number of carbonyl (C=O) groups is 2. The fourth-order valence-electron chi connectivity index (χ4n) is 4.02. The summed E-state index contributed by atoms with van der Waals surface area (Å²) in [6, 6.07) is 0. The maximum Gasteiger partial charge on any atom is 1.00 e. The Bertz CT molecular complexity index is 727. The molecule has 0 heterocycles. The Morgan fingerprint density at radius 1 is 0.821 bits per heavy atom. The first-order valence-electron chi connectivity index (χ1n) is 13.7. The number of esters is 2. The zero-order valence-corrected chi connectivity index (χ0v) is 26.5. The number of ether oxygens (including phenoxy) is 2. The van der Waals surface area contributed by atoms with E-state index < -0.39 is 76.0 Å². The minimum Gasteiger partial charge on any atom is -0.756 e. The van der Waals surface area contributed by atoms with Crippen LogP contribution in [0.3, 0.4) is 0 Å². The summed E-state index contributed by atoms with van der Waals surface area (Å²) in [5.41, 5.74) is 0. The molecule has 0 aromatic rings. The van der Waals surface area contributed by atoms with E-state index >= 15 is 0 Å². The van der Waals surface area contributed by atoms with E-state index in [0.29, 0.717) is 12.8 Å². The summed E-state index contributed by atoms with van der Waals surface area (Å²) in [5.74, 6) is -1.10. The largest absolute Gasteiger partial charge is 1.00 e. The van der Waals surface area contributed by atoms with Crippen LogP contribution in [0.4, 0.5) is 0 Å². The molecule has 0 saturated heterocycles. The van der Waals surface area contributed by atoms with Gasteiger partial charge in [0, 0.05) is 19.3 Å². The van der Waals surface area contributed by atoms with Crippen molar-refractivity contribution in [3.8, 4) is 0 Å². The monoisotopic (exact) mass is 592 g/mol. The molecule has 1 rings (SSSR count). The fourth-order valence-corrected chi connectivity index (χ4v) is 4.99. The Morgan fingerprint density at radius 3 is 1.92 bits per heavy atom. The normalized spacial score (nSPS) is 25.3. The SMILES string of the molecule is CCCCCCCC(=O)OC[C@H](COP(=O)([O-])O[C@@H]1[C@@H](O)[C@H](O)[C@@H](O)C[C@@H]1O)OC(=O)CCCCCCC.[Na+]. The third-order valence-corrected chi connectivity index (χ3v) is 7.28. The molecule has 0 aromatic heterocycles. The van der Waals surface area contributed by atoms with E-state index in [4.69, 9.17) is 18.5 Å². The number of carbonyl (C=O) groups excluding carboxylic acids is 2. The molecule has 1 fully saturated rings. The smallest absolute Gasteiger partial charge is 0.756 e. The van der Waals surface area contributed by atoms with Crippen molar-refractivity contribution in [2.24, 2.45) is 0 Å². The minimum atomic E-state index is -5.18. The number of aliphatic hydroxyl groups excluding tert-OH is 4. The van der Waals surface area contributed by atoms with Gasteiger partial charge in [-0.25, -0.2) is 0 Å². The quantitative estimate of drug-likeness (QED) is 0.0577. The second-order valence-electron chi connectivity index (χ2n) is 9.79. The van der Waals surface area contributed by atoms with Crippen molar-refractivity contribution in [1.82, 2.24) is 0 Å². The first kappa shape index (κ1) is 38.9.